The van der Waals surface area contributed by atoms with Gasteiger partial charge >= 0.3 is 0 Å². The van der Waals surface area contributed by atoms with Crippen molar-refractivity contribution in [1.82, 2.24) is 0 Å². The lowest BCUT2D eigenvalue weighted by atomic mass is 10.0. The summed E-state index contributed by atoms with van der Waals surface area (Å²) in [5.41, 5.74) is -0.0342. The van der Waals surface area contributed by atoms with Crippen LogP contribution in [0.1, 0.15) is 6.92 Å². The van der Waals surface area contributed by atoms with Gasteiger partial charge in [0.15, 0.2) is 17.4 Å². The third kappa shape index (κ3) is 1.70. The SMILES string of the molecule is COC(=C(C#N)C#N)C1OC=CC1C. The lowest BCUT2D eigenvalue weighted by Gasteiger charge is -2.17. The normalized spacial score (nSPS) is 23.1. The van der Waals surface area contributed by atoms with Gasteiger partial charge in [-0.05, 0) is 6.08 Å². The Bertz CT molecular complexity index is 341. The second-order valence-electron chi connectivity index (χ2n) is 2.91. The van der Waals surface area contributed by atoms with Crippen molar-refractivity contribution < 1.29 is 9.47 Å². The lowest BCUT2D eigenvalue weighted by molar-refractivity contribution is 0.104. The second kappa shape index (κ2) is 4.34. The fraction of sp³-hybridized carbons (Fsp3) is 0.400. The van der Waals surface area contributed by atoms with E-state index in [4.69, 9.17) is 20.0 Å². The number of allylic oxidation sites excluding steroid dienone is 1. The van der Waals surface area contributed by atoms with Crippen LogP contribution in [0.25, 0.3) is 0 Å². The Morgan fingerprint density at radius 2 is 2.07 bits per heavy atom. The van der Waals surface area contributed by atoms with Crippen LogP contribution >= 0.6 is 0 Å². The number of nitriles is 2. The number of nitrogens with zero attached hydrogens (tertiary/aromatic N) is 2. The predicted molar refractivity (Wildman–Crippen MR) is 48.4 cm³/mol. The van der Waals surface area contributed by atoms with Gasteiger partial charge in [-0.2, -0.15) is 10.5 Å². The van der Waals surface area contributed by atoms with E-state index in [-0.39, 0.29) is 17.6 Å². The monoisotopic (exact) mass is 190 g/mol. The molecule has 0 fully saturated rings. The molecule has 0 aliphatic carbocycles. The summed E-state index contributed by atoms with van der Waals surface area (Å²) >= 11 is 0. The average molecular weight is 190 g/mol. The Morgan fingerprint density at radius 1 is 1.43 bits per heavy atom. The quantitative estimate of drug-likeness (QED) is 0.488. The lowest BCUT2D eigenvalue weighted by Crippen LogP contribution is -2.19. The van der Waals surface area contributed by atoms with Crippen molar-refractivity contribution in [3.05, 3.63) is 23.7 Å². The minimum atomic E-state index is -0.353. The molecule has 0 bridgehead atoms. The third-order valence-electron chi connectivity index (χ3n) is 2.03. The highest BCUT2D eigenvalue weighted by Crippen LogP contribution is 2.25. The topological polar surface area (TPSA) is 66.0 Å². The van der Waals surface area contributed by atoms with Crippen molar-refractivity contribution in [3.8, 4) is 12.1 Å². The van der Waals surface area contributed by atoms with E-state index in [0.717, 1.165) is 0 Å². The van der Waals surface area contributed by atoms with E-state index in [1.165, 1.54) is 7.11 Å². The highest BCUT2D eigenvalue weighted by molar-refractivity contribution is 5.40. The summed E-state index contributed by atoms with van der Waals surface area (Å²) in [5.74, 6) is 0.411. The molecule has 2 unspecified atom stereocenters. The van der Waals surface area contributed by atoms with Crippen LogP contribution in [-0.4, -0.2) is 13.2 Å². The first-order valence-corrected chi connectivity index (χ1v) is 4.15. The summed E-state index contributed by atoms with van der Waals surface area (Å²) in [6.45, 7) is 1.93. The fourth-order valence-corrected chi connectivity index (χ4v) is 1.28. The van der Waals surface area contributed by atoms with E-state index in [1.54, 1.807) is 18.4 Å². The third-order valence-corrected chi connectivity index (χ3v) is 2.03. The molecular formula is C10H10N2O2. The van der Waals surface area contributed by atoms with E-state index in [9.17, 15) is 0 Å². The number of ether oxygens (including phenoxy) is 2. The van der Waals surface area contributed by atoms with E-state index in [2.05, 4.69) is 0 Å². The van der Waals surface area contributed by atoms with Crippen LogP contribution in [0.5, 0.6) is 0 Å². The highest BCUT2D eigenvalue weighted by Gasteiger charge is 2.28. The van der Waals surface area contributed by atoms with Gasteiger partial charge in [-0.1, -0.05) is 6.92 Å². The Morgan fingerprint density at radius 3 is 2.43 bits per heavy atom. The number of methoxy groups -OCH3 is 1. The largest absolute Gasteiger partial charge is 0.495 e. The summed E-state index contributed by atoms with van der Waals surface area (Å²) in [5, 5.41) is 17.4. The van der Waals surface area contributed by atoms with Crippen molar-refractivity contribution in [2.45, 2.75) is 13.0 Å². The summed E-state index contributed by atoms with van der Waals surface area (Å²) in [6.07, 6.45) is 3.06. The van der Waals surface area contributed by atoms with E-state index in [0.29, 0.717) is 5.76 Å². The van der Waals surface area contributed by atoms with Gasteiger partial charge in [0.2, 0.25) is 0 Å². The minimum Gasteiger partial charge on any atom is -0.495 e. The van der Waals surface area contributed by atoms with Crippen LogP contribution in [0.2, 0.25) is 0 Å². The average Bonchev–Trinajstić information content (AvgIpc) is 2.61. The smallest absolute Gasteiger partial charge is 0.171 e. The molecule has 1 aliphatic heterocycles. The zero-order valence-electron chi connectivity index (χ0n) is 8.02. The first-order chi connectivity index (χ1) is 6.74. The van der Waals surface area contributed by atoms with Gasteiger partial charge in [-0.15, -0.1) is 0 Å². The van der Waals surface area contributed by atoms with Gasteiger partial charge in [0.25, 0.3) is 0 Å². The van der Waals surface area contributed by atoms with Gasteiger partial charge < -0.3 is 9.47 Å². The minimum absolute atomic E-state index is 0.0342. The van der Waals surface area contributed by atoms with E-state index in [1.807, 2.05) is 13.0 Å². The molecule has 1 rings (SSSR count). The molecule has 1 heterocycles. The second-order valence-corrected chi connectivity index (χ2v) is 2.91. The molecular weight excluding hydrogens is 180 g/mol. The van der Waals surface area contributed by atoms with Crippen molar-refractivity contribution in [2.75, 3.05) is 7.11 Å². The van der Waals surface area contributed by atoms with Crippen molar-refractivity contribution in [1.29, 1.82) is 10.5 Å². The first kappa shape index (κ1) is 10.1. The molecule has 4 nitrogen and oxygen atoms in total. The van der Waals surface area contributed by atoms with Gasteiger partial charge in [-0.3, -0.25) is 0 Å². The molecule has 4 heteroatoms. The molecule has 2 atom stereocenters. The Labute approximate surface area is 82.7 Å². The summed E-state index contributed by atoms with van der Waals surface area (Å²) in [7, 11) is 1.43. The Kier molecular flexibility index (Phi) is 3.14. The Balaban J connectivity index is 3.00. The molecule has 14 heavy (non-hydrogen) atoms. The van der Waals surface area contributed by atoms with Gasteiger partial charge in [0, 0.05) is 5.92 Å². The number of hydrogen-bond donors (Lipinski definition) is 0. The molecule has 0 aromatic rings. The predicted octanol–water partition coefficient (Wildman–Crippen LogP) is 1.48. The summed E-state index contributed by atoms with van der Waals surface area (Å²) < 4.78 is 10.3. The maximum Gasteiger partial charge on any atom is 0.171 e. The fourth-order valence-electron chi connectivity index (χ4n) is 1.28. The molecule has 0 saturated carbocycles. The Hall–Kier alpha value is -1.94. The van der Waals surface area contributed by atoms with Crippen LogP contribution in [0.3, 0.4) is 0 Å². The summed E-state index contributed by atoms with van der Waals surface area (Å²) in [4.78, 5) is 0. The van der Waals surface area contributed by atoms with Crippen LogP contribution in [0.15, 0.2) is 23.7 Å². The van der Waals surface area contributed by atoms with Crippen molar-refractivity contribution >= 4 is 0 Å². The van der Waals surface area contributed by atoms with Crippen LogP contribution in [0.4, 0.5) is 0 Å². The molecule has 0 N–H and O–H groups in total. The van der Waals surface area contributed by atoms with Crippen LogP contribution in [0, 0.1) is 28.6 Å². The van der Waals surface area contributed by atoms with Crippen molar-refractivity contribution in [3.63, 3.8) is 0 Å². The first-order valence-electron chi connectivity index (χ1n) is 4.15. The van der Waals surface area contributed by atoms with Gasteiger partial charge in [0.1, 0.15) is 12.1 Å². The maximum absolute atomic E-state index is 8.69. The van der Waals surface area contributed by atoms with Gasteiger partial charge in [0.05, 0.1) is 13.4 Å². The van der Waals surface area contributed by atoms with Gasteiger partial charge in [-0.25, -0.2) is 0 Å². The number of rotatable bonds is 2. The zero-order valence-corrected chi connectivity index (χ0v) is 8.02. The zero-order chi connectivity index (χ0) is 10.6. The molecule has 0 radical (unpaired) electrons. The molecule has 0 amide bonds. The molecule has 72 valence electrons. The molecule has 0 spiro atoms. The number of hydrogen-bond acceptors (Lipinski definition) is 4. The van der Waals surface area contributed by atoms with Crippen LogP contribution < -0.4 is 0 Å². The van der Waals surface area contributed by atoms with Crippen LogP contribution in [-0.2, 0) is 9.47 Å². The molecule has 0 aromatic heterocycles. The molecule has 0 aromatic carbocycles. The highest BCUT2D eigenvalue weighted by atomic mass is 16.5. The van der Waals surface area contributed by atoms with E-state index >= 15 is 0 Å². The standard InChI is InChI=1S/C10H10N2O2/c1-7-3-4-14-9(7)10(13-2)8(5-11)6-12/h3-4,7,9H,1-2H3. The van der Waals surface area contributed by atoms with Crippen molar-refractivity contribution in [2.24, 2.45) is 5.92 Å². The molecule has 1 aliphatic rings. The summed E-state index contributed by atoms with van der Waals surface area (Å²) in [6, 6.07) is 3.57. The maximum atomic E-state index is 8.69. The van der Waals surface area contributed by atoms with E-state index < -0.39 is 0 Å². The molecule has 0 saturated heterocycles.